The minimum Gasteiger partial charge on any atom is -0.458 e. The molecule has 85 heavy (non-hydrogen) atoms. The largest absolute Gasteiger partial charge is 0.458 e. The van der Waals surface area contributed by atoms with Gasteiger partial charge in [0.05, 0.1) is 27.8 Å². The zero-order valence-corrected chi connectivity index (χ0v) is 49.6. The second-order valence-electron chi connectivity index (χ2n) is 26.3. The zero-order chi connectivity index (χ0) is 56.8. The molecule has 14 aromatic rings. The van der Waals surface area contributed by atoms with E-state index in [-0.39, 0.29) is 17.5 Å². The van der Waals surface area contributed by atoms with Gasteiger partial charge in [-0.15, -0.1) is 0 Å². The predicted octanol–water partition coefficient (Wildman–Crippen LogP) is 15.8. The van der Waals surface area contributed by atoms with Crippen LogP contribution in [0.25, 0.3) is 111 Å². The van der Waals surface area contributed by atoms with Crippen molar-refractivity contribution in [2.75, 3.05) is 0 Å². The van der Waals surface area contributed by atoms with E-state index in [4.69, 9.17) is 4.74 Å². The predicted molar refractivity (Wildman–Crippen MR) is 362 cm³/mol. The number of fused-ring (bicyclic) bond motifs is 22. The first kappa shape index (κ1) is 48.8. The van der Waals surface area contributed by atoms with E-state index in [0.717, 1.165) is 17.1 Å². The van der Waals surface area contributed by atoms with E-state index in [9.17, 15) is 0 Å². The van der Waals surface area contributed by atoms with Crippen molar-refractivity contribution in [3.05, 3.63) is 260 Å². The van der Waals surface area contributed by atoms with Crippen molar-refractivity contribution in [1.29, 1.82) is 0 Å². The number of nitrogens with zero attached hydrogens (tertiary/aromatic N) is 2. The van der Waals surface area contributed by atoms with Gasteiger partial charge < -0.3 is 13.9 Å². The zero-order valence-electron chi connectivity index (χ0n) is 48.6. The van der Waals surface area contributed by atoms with Crippen LogP contribution in [0.2, 0.25) is 0 Å². The van der Waals surface area contributed by atoms with Crippen molar-refractivity contribution in [2.24, 2.45) is 0 Å². The molecule has 6 heterocycles. The lowest BCUT2D eigenvalue weighted by molar-refractivity contribution is 0.491. The third-order valence-corrected chi connectivity index (χ3v) is 24.6. The lowest BCUT2D eigenvalue weighted by atomic mass is 9.34. The molecule has 3 nitrogen and oxygen atoms in total. The first-order valence-corrected chi connectivity index (χ1v) is 32.2. The Balaban J connectivity index is 1.02. The summed E-state index contributed by atoms with van der Waals surface area (Å²) in [6.07, 6.45) is 0. The highest BCUT2D eigenvalue weighted by Crippen LogP contribution is 2.49. The summed E-state index contributed by atoms with van der Waals surface area (Å²) >= 11 is 0. The minimum atomic E-state index is -3.00. The molecule has 0 fully saturated rings. The molecule has 0 atom stereocenters. The van der Waals surface area contributed by atoms with E-state index < -0.39 is 8.07 Å². The van der Waals surface area contributed by atoms with E-state index >= 15 is 0 Å². The Morgan fingerprint density at radius 2 is 0.882 bits per heavy atom. The highest BCUT2D eigenvalue weighted by Gasteiger charge is 2.57. The van der Waals surface area contributed by atoms with Gasteiger partial charge in [0, 0.05) is 43.5 Å². The molecule has 4 aliphatic rings. The molecule has 2 aromatic heterocycles. The summed E-state index contributed by atoms with van der Waals surface area (Å²) in [6.45, 7) is 13.9. The molecular weight excluding hydrogens is 1040 g/mol. The van der Waals surface area contributed by atoms with Crippen LogP contribution < -0.4 is 41.9 Å². The van der Waals surface area contributed by atoms with Crippen LogP contribution in [0.5, 0.6) is 11.5 Å². The molecule has 18 rings (SSSR count). The molecule has 0 amide bonds. The molecule has 4 aliphatic heterocycles. The average molecular weight is 1100 g/mol. The van der Waals surface area contributed by atoms with Crippen LogP contribution in [-0.4, -0.2) is 23.9 Å². The fourth-order valence-corrected chi connectivity index (χ4v) is 21.7. The first-order valence-electron chi connectivity index (χ1n) is 30.2. The summed E-state index contributed by atoms with van der Waals surface area (Å²) in [5, 5.41) is 10.7. The quantitative estimate of drug-likeness (QED) is 0.161. The summed E-state index contributed by atoms with van der Waals surface area (Å²) in [7, 11) is -3.00. The van der Waals surface area contributed by atoms with Gasteiger partial charge in [-0.25, -0.2) is 0 Å². The summed E-state index contributed by atoms with van der Waals surface area (Å²) in [5.41, 5.74) is 25.8. The van der Waals surface area contributed by atoms with E-state index in [1.165, 1.54) is 153 Å². The molecule has 0 bridgehead atoms. The van der Waals surface area contributed by atoms with Gasteiger partial charge in [-0.2, -0.15) is 0 Å². The van der Waals surface area contributed by atoms with Crippen molar-refractivity contribution in [3.8, 4) is 78.5 Å². The van der Waals surface area contributed by atoms with Crippen LogP contribution in [0.1, 0.15) is 52.7 Å². The van der Waals surface area contributed by atoms with E-state index in [2.05, 4.69) is 299 Å². The van der Waals surface area contributed by atoms with Crippen molar-refractivity contribution in [1.82, 2.24) is 9.13 Å². The van der Waals surface area contributed by atoms with Crippen molar-refractivity contribution >= 4 is 95.5 Å². The van der Waals surface area contributed by atoms with E-state index in [1.807, 2.05) is 0 Å². The number of para-hydroxylation sites is 3. The SMILES string of the molecule is CC(C)(C)c1cc(-c2cc3c4c(c2)-n2c5ccccc5c5c2c(cc2c6ccccc6n(-c6c(-c7ccccc7)cccc6-c6ccccc6)c25)B4c2ccc4c(c2O3)[Si]2(c3ccccc3-c3ccccc32)c2ccccc2-4)cc(C(C)(C)C)c1. The Labute approximate surface area is 497 Å². The Bertz CT molecular complexity index is 5090. The Kier molecular flexibility index (Phi) is 9.89. The number of aromatic nitrogens is 2. The number of hydrogen-bond donors (Lipinski definition) is 0. The fraction of sp³-hybridized carbons (Fsp3) is 0.100. The second kappa shape index (κ2) is 17.2. The summed E-state index contributed by atoms with van der Waals surface area (Å²) in [5.74, 6) is 1.95. The molecule has 5 heteroatoms. The van der Waals surface area contributed by atoms with Gasteiger partial charge >= 0.3 is 0 Å². The maximum atomic E-state index is 8.12. The van der Waals surface area contributed by atoms with Gasteiger partial charge in [0.15, 0.2) is 8.07 Å². The second-order valence-corrected chi connectivity index (χ2v) is 29.9. The third kappa shape index (κ3) is 6.51. The highest BCUT2D eigenvalue weighted by molar-refractivity contribution is 7.25. The molecule has 0 saturated heterocycles. The van der Waals surface area contributed by atoms with Crippen molar-refractivity contribution in [2.45, 2.75) is 52.4 Å². The number of hydrogen-bond acceptors (Lipinski definition) is 1. The van der Waals surface area contributed by atoms with Gasteiger partial charge in [-0.3, -0.25) is 0 Å². The Morgan fingerprint density at radius 3 is 1.48 bits per heavy atom. The van der Waals surface area contributed by atoms with Crippen molar-refractivity contribution in [3.63, 3.8) is 0 Å². The number of rotatable bonds is 4. The van der Waals surface area contributed by atoms with Crippen LogP contribution in [0, 0.1) is 0 Å². The van der Waals surface area contributed by atoms with E-state index in [0.29, 0.717) is 0 Å². The maximum Gasteiger partial charge on any atom is 0.256 e. The lowest BCUT2D eigenvalue weighted by Gasteiger charge is -2.37. The monoisotopic (exact) mass is 1100 g/mol. The molecule has 0 unspecified atom stereocenters. The smallest absolute Gasteiger partial charge is 0.256 e. The van der Waals surface area contributed by atoms with Gasteiger partial charge in [0.1, 0.15) is 11.5 Å². The summed E-state index contributed by atoms with van der Waals surface area (Å²) in [6, 6.07) is 95.0. The van der Waals surface area contributed by atoms with Gasteiger partial charge in [-0.1, -0.05) is 266 Å². The molecule has 0 radical (unpaired) electrons. The topological polar surface area (TPSA) is 19.1 Å². The highest BCUT2D eigenvalue weighted by atomic mass is 28.3. The normalized spacial score (nSPS) is 13.9. The Hall–Kier alpha value is -9.68. The van der Waals surface area contributed by atoms with Gasteiger partial charge in [-0.05, 0) is 123 Å². The van der Waals surface area contributed by atoms with Crippen LogP contribution in [0.4, 0.5) is 0 Å². The third-order valence-electron chi connectivity index (χ3n) is 19.6. The Morgan fingerprint density at radius 1 is 0.376 bits per heavy atom. The van der Waals surface area contributed by atoms with Crippen LogP contribution in [-0.2, 0) is 10.8 Å². The van der Waals surface area contributed by atoms with Gasteiger partial charge in [0.25, 0.3) is 6.71 Å². The summed E-state index contributed by atoms with van der Waals surface area (Å²) < 4.78 is 13.4. The summed E-state index contributed by atoms with van der Waals surface area (Å²) in [4.78, 5) is 0. The average Bonchev–Trinajstić information content (AvgIpc) is 1.55. The van der Waals surface area contributed by atoms with Crippen LogP contribution >= 0.6 is 0 Å². The van der Waals surface area contributed by atoms with E-state index in [1.54, 1.807) is 0 Å². The molecule has 0 saturated carbocycles. The standard InChI is InChI=1S/C80H59BN2OSi/c1-79(2,3)52-42-50(43-53(46-52)80(4,5)6)51-44-67-73-68(45-51)84-77-63(41-40-60-59-31-17-22-39-71(59)85(78(60)77)69-37-20-15-29-57(69)58-30-16-21-38-70(58)85)81(73)64-47-62-56-28-13-18-35-65(56)83(75(62)72-61-32-14-19-36-66(61)82(67)76(64)72)74-54(48-24-9-7-10-25-48)33-23-34-55(74)49-26-11-8-12-27-49/h7-47H,1-6H3. The van der Waals surface area contributed by atoms with Gasteiger partial charge in [0.2, 0.25) is 0 Å². The minimum absolute atomic E-state index is 0.0769. The molecular formula is C80H59BN2OSi. The molecule has 402 valence electrons. The van der Waals surface area contributed by atoms with Crippen LogP contribution in [0.3, 0.4) is 0 Å². The molecule has 0 N–H and O–H groups in total. The number of benzene rings is 12. The number of ether oxygens (including phenoxy) is 1. The van der Waals surface area contributed by atoms with Crippen LogP contribution in [0.15, 0.2) is 249 Å². The van der Waals surface area contributed by atoms with Crippen molar-refractivity contribution < 1.29 is 4.74 Å². The molecule has 0 aliphatic carbocycles. The fourth-order valence-electron chi connectivity index (χ4n) is 15.9. The molecule has 12 aromatic carbocycles. The maximum absolute atomic E-state index is 8.12. The molecule has 1 spiro atoms. The lowest BCUT2D eigenvalue weighted by Crippen LogP contribution is -2.72. The first-order chi connectivity index (χ1) is 41.5.